The van der Waals surface area contributed by atoms with E-state index in [1.807, 2.05) is 0 Å². The normalized spacial score (nSPS) is 7.20. The molecule has 0 heterocycles. The quantitative estimate of drug-likeness (QED) is 0.378. The van der Waals surface area contributed by atoms with Gasteiger partial charge < -0.3 is 0 Å². The van der Waals surface area contributed by atoms with Crippen molar-refractivity contribution in [2.45, 2.75) is 6.68 Å². The van der Waals surface area contributed by atoms with Crippen molar-refractivity contribution in [1.29, 1.82) is 0 Å². The lowest BCUT2D eigenvalue weighted by molar-refractivity contribution is 0.00819. The van der Waals surface area contributed by atoms with Crippen LogP contribution >= 0.6 is 0 Å². The van der Waals surface area contributed by atoms with Crippen LogP contribution in [0.5, 0.6) is 0 Å². The third-order valence-electron chi connectivity index (χ3n) is 0. The second-order valence-corrected chi connectivity index (χ2v) is 0.247. The van der Waals surface area contributed by atoms with Crippen molar-refractivity contribution in [3.05, 3.63) is 0 Å². The molecule has 5 heavy (non-hydrogen) atoms. The van der Waals surface area contributed by atoms with E-state index in [0.29, 0.717) is 0 Å². The molecule has 0 bridgehead atoms. The van der Waals surface area contributed by atoms with Gasteiger partial charge in [-0.25, -0.2) is 0 Å². The van der Waals surface area contributed by atoms with Crippen LogP contribution in [0, 0.1) is 0 Å². The van der Waals surface area contributed by atoms with E-state index in [9.17, 15) is 13.2 Å². The van der Waals surface area contributed by atoms with Crippen molar-refractivity contribution in [2.24, 2.45) is 0 Å². The predicted molar refractivity (Wildman–Crippen MR) is 12.9 cm³/mol. The topological polar surface area (TPSA) is 0 Å². The highest BCUT2D eigenvalue weighted by Crippen LogP contribution is 1.87. The highest BCUT2D eigenvalue weighted by molar-refractivity contribution is 5.75. The van der Waals surface area contributed by atoms with Crippen LogP contribution in [0.25, 0.3) is 0 Å². The van der Waals surface area contributed by atoms with Crippen molar-refractivity contribution in [3.8, 4) is 0 Å². The Morgan fingerprint density at radius 1 is 1.00 bits per heavy atom. The van der Waals surface area contributed by atoms with Gasteiger partial charge in [-0.1, -0.05) is 0 Å². The molecule has 0 N–H and O–H groups in total. The molecule has 0 spiro atoms. The van der Waals surface area contributed by atoms with Crippen LogP contribution in [0.15, 0.2) is 0 Å². The second-order valence-electron chi connectivity index (χ2n) is 0.247. The van der Waals surface area contributed by atoms with Crippen LogP contribution < -0.4 is 0 Å². The Hall–Kier alpha value is -0.145. The molecule has 0 aliphatic heterocycles. The molecular formula is CHBF3. The van der Waals surface area contributed by atoms with E-state index >= 15 is 0 Å². The molecule has 0 aromatic carbocycles. The minimum Gasteiger partial charge on any atom is -0.174 e. The van der Waals surface area contributed by atoms with Gasteiger partial charge in [0.1, 0.15) is 0 Å². The molecular weight excluding hydrogens is 79.8 g/mol. The monoisotopic (exact) mass is 81.0 g/mol. The predicted octanol–water partition coefficient (Wildman–Crippen LogP) is 0.798. The van der Waals surface area contributed by atoms with Crippen LogP contribution in [-0.2, 0) is 0 Å². The average Bonchev–Trinajstić information content (AvgIpc) is 0.811. The number of rotatable bonds is 0. The molecule has 4 heteroatoms. The van der Waals surface area contributed by atoms with Gasteiger partial charge in [0, 0.05) is 8.41 Å². The fourth-order valence-corrected chi connectivity index (χ4v) is 0. The summed E-state index contributed by atoms with van der Waals surface area (Å²) in [5.41, 5.74) is 0. The summed E-state index contributed by atoms with van der Waals surface area (Å²) in [5.74, 6) is 0. The minimum atomic E-state index is -3.67. The Bertz CT molecular complexity index is 11.6. The van der Waals surface area contributed by atoms with E-state index in [0.717, 1.165) is 0 Å². The minimum absolute atomic E-state index is 0. The molecule has 0 fully saturated rings. The first-order valence-corrected chi connectivity index (χ1v) is 0.655. The molecule has 29 valence electrons. The fraction of sp³-hybridized carbons (Fsp3) is 1.00. The zero-order chi connectivity index (χ0) is 3.58. The Labute approximate surface area is 29.6 Å². The van der Waals surface area contributed by atoms with Crippen molar-refractivity contribution in [2.75, 3.05) is 0 Å². The first-order valence-electron chi connectivity index (χ1n) is 0.655. The first kappa shape index (κ1) is 8.85. The molecule has 0 aromatic heterocycles. The van der Waals surface area contributed by atoms with Gasteiger partial charge in [0.2, 0.25) is 0 Å². The van der Waals surface area contributed by atoms with Crippen molar-refractivity contribution < 1.29 is 13.2 Å². The van der Waals surface area contributed by atoms with Crippen LogP contribution in [0.1, 0.15) is 0 Å². The molecule has 3 radical (unpaired) electrons. The lowest BCUT2D eigenvalue weighted by Gasteiger charge is -1.65. The molecule has 0 nitrogen and oxygen atoms in total. The van der Waals surface area contributed by atoms with Crippen LogP contribution in [0.4, 0.5) is 13.2 Å². The summed E-state index contributed by atoms with van der Waals surface area (Å²) < 4.78 is 29.0. The molecule has 0 saturated heterocycles. The molecule has 0 aromatic rings. The van der Waals surface area contributed by atoms with Crippen molar-refractivity contribution >= 4 is 8.41 Å². The fourth-order valence-electron chi connectivity index (χ4n) is 0. The van der Waals surface area contributed by atoms with E-state index in [-0.39, 0.29) is 8.41 Å². The Morgan fingerprint density at radius 3 is 1.00 bits per heavy atom. The zero-order valence-corrected chi connectivity index (χ0v) is 2.29. The number of alkyl halides is 3. The second kappa shape index (κ2) is 3.85. The maximum Gasteiger partial charge on any atom is 0.379 e. The molecule has 0 unspecified atom stereocenters. The number of hydrogen-bond acceptors (Lipinski definition) is 0. The summed E-state index contributed by atoms with van der Waals surface area (Å²) in [7, 11) is 0. The van der Waals surface area contributed by atoms with Crippen molar-refractivity contribution in [3.63, 3.8) is 0 Å². The number of halogens is 3. The summed E-state index contributed by atoms with van der Waals surface area (Å²) in [4.78, 5) is 0. The summed E-state index contributed by atoms with van der Waals surface area (Å²) in [6.45, 7) is -3.67. The maximum absolute atomic E-state index is 9.67. The summed E-state index contributed by atoms with van der Waals surface area (Å²) in [6.07, 6.45) is 0. The highest BCUT2D eigenvalue weighted by Gasteiger charge is 1.86. The van der Waals surface area contributed by atoms with Gasteiger partial charge in [0.05, 0.1) is 0 Å². The van der Waals surface area contributed by atoms with Crippen LogP contribution in [0.3, 0.4) is 0 Å². The number of hydrogen-bond donors (Lipinski definition) is 0. The Morgan fingerprint density at radius 2 is 1.00 bits per heavy atom. The lowest BCUT2D eigenvalue weighted by atomic mass is 10.8. The van der Waals surface area contributed by atoms with E-state index in [1.165, 1.54) is 0 Å². The van der Waals surface area contributed by atoms with Crippen LogP contribution in [0.2, 0.25) is 0 Å². The van der Waals surface area contributed by atoms with Gasteiger partial charge in [0.25, 0.3) is 0 Å². The van der Waals surface area contributed by atoms with E-state index < -0.39 is 6.68 Å². The van der Waals surface area contributed by atoms with Gasteiger partial charge in [-0.05, 0) is 0 Å². The maximum atomic E-state index is 9.67. The molecule has 0 aliphatic rings. The van der Waals surface area contributed by atoms with Gasteiger partial charge in [-0.2, -0.15) is 13.2 Å². The average molecular weight is 80.8 g/mol. The zero-order valence-electron chi connectivity index (χ0n) is 2.29. The Balaban J connectivity index is 0. The Kier molecular flexibility index (Phi) is 6.82. The van der Waals surface area contributed by atoms with E-state index in [4.69, 9.17) is 0 Å². The van der Waals surface area contributed by atoms with Gasteiger partial charge in [-0.3, -0.25) is 0 Å². The lowest BCUT2D eigenvalue weighted by Crippen LogP contribution is -1.65. The molecule has 0 aliphatic carbocycles. The largest absolute Gasteiger partial charge is 0.379 e. The molecule has 0 rings (SSSR count). The van der Waals surface area contributed by atoms with Crippen LogP contribution in [-0.4, -0.2) is 15.1 Å². The summed E-state index contributed by atoms with van der Waals surface area (Å²) in [6, 6.07) is 0. The van der Waals surface area contributed by atoms with Crippen molar-refractivity contribution in [1.82, 2.24) is 0 Å². The third-order valence-corrected chi connectivity index (χ3v) is 0. The first-order chi connectivity index (χ1) is 1.73. The van der Waals surface area contributed by atoms with E-state index in [2.05, 4.69) is 0 Å². The van der Waals surface area contributed by atoms with E-state index in [1.54, 1.807) is 0 Å². The summed E-state index contributed by atoms with van der Waals surface area (Å²) in [5, 5.41) is 0. The summed E-state index contributed by atoms with van der Waals surface area (Å²) >= 11 is 0. The third kappa shape index (κ3) is 630. The van der Waals surface area contributed by atoms with Gasteiger partial charge in [0.15, 0.2) is 0 Å². The van der Waals surface area contributed by atoms with Gasteiger partial charge in [-0.15, -0.1) is 0 Å². The molecule has 0 amide bonds. The highest BCUT2D eigenvalue weighted by atomic mass is 19.4. The smallest absolute Gasteiger partial charge is 0.174 e. The molecule has 0 atom stereocenters. The molecule has 0 saturated carbocycles. The SMILES string of the molecule is FC(F)F.[B]. The van der Waals surface area contributed by atoms with Gasteiger partial charge >= 0.3 is 6.68 Å². The standard InChI is InChI=1S/CHF3.B/c2-1(3)4;/h1H;.